The Hall–Kier alpha value is -1.67. The molecule has 1 N–H and O–H groups in total. The number of nitrogens with zero attached hydrogens (tertiary/aromatic N) is 1. The summed E-state index contributed by atoms with van der Waals surface area (Å²) in [5, 5.41) is 11.3. The number of rotatable bonds is 5. The van der Waals surface area contributed by atoms with Crippen molar-refractivity contribution in [2.24, 2.45) is 0 Å². The van der Waals surface area contributed by atoms with Gasteiger partial charge in [0.15, 0.2) is 0 Å². The molecule has 1 aromatic rings. The van der Waals surface area contributed by atoms with Crippen molar-refractivity contribution in [2.75, 3.05) is 18.6 Å². The molecule has 1 unspecified atom stereocenters. The first-order valence-electron chi connectivity index (χ1n) is 5.22. The van der Waals surface area contributed by atoms with Crippen LogP contribution in [0, 0.1) is 11.3 Å². The number of hydrogen-bond donors (Lipinski definition) is 1. The topological polar surface area (TPSA) is 70.0 Å². The summed E-state index contributed by atoms with van der Waals surface area (Å²) in [5.74, 6) is 0.421. The van der Waals surface area contributed by atoms with Gasteiger partial charge in [-0.2, -0.15) is 5.26 Å². The summed E-state index contributed by atoms with van der Waals surface area (Å²) in [7, 11) is -0.816. The SMILES string of the molecule is CS(=O)CCCNC(=O)c1ccc(C#N)cc1. The van der Waals surface area contributed by atoms with E-state index >= 15 is 0 Å². The second-order valence-corrected chi connectivity index (χ2v) is 5.13. The van der Waals surface area contributed by atoms with Crippen LogP contribution in [0.25, 0.3) is 0 Å². The number of carbonyl (C=O) groups is 1. The summed E-state index contributed by atoms with van der Waals surface area (Å²) in [6.45, 7) is 0.512. The van der Waals surface area contributed by atoms with Crippen molar-refractivity contribution < 1.29 is 9.00 Å². The Morgan fingerprint density at radius 2 is 2.06 bits per heavy atom. The van der Waals surface area contributed by atoms with E-state index in [4.69, 9.17) is 5.26 Å². The van der Waals surface area contributed by atoms with Crippen LogP contribution in [-0.2, 0) is 10.8 Å². The number of carbonyl (C=O) groups excluding carboxylic acids is 1. The molecule has 0 fully saturated rings. The van der Waals surface area contributed by atoms with Crippen molar-refractivity contribution >= 4 is 16.7 Å². The van der Waals surface area contributed by atoms with Crippen molar-refractivity contribution in [3.05, 3.63) is 35.4 Å². The Morgan fingerprint density at radius 1 is 1.41 bits per heavy atom. The maximum atomic E-state index is 11.6. The van der Waals surface area contributed by atoms with E-state index in [-0.39, 0.29) is 5.91 Å². The van der Waals surface area contributed by atoms with Crippen molar-refractivity contribution in [3.63, 3.8) is 0 Å². The standard InChI is InChI=1S/C12H14N2O2S/c1-17(16)8-2-7-14-12(15)11-5-3-10(9-13)4-6-11/h3-6H,2,7-8H2,1H3,(H,14,15). The van der Waals surface area contributed by atoms with Crippen LogP contribution >= 0.6 is 0 Å². The molecule has 0 heterocycles. The van der Waals surface area contributed by atoms with Gasteiger partial charge < -0.3 is 5.32 Å². The molecular formula is C12H14N2O2S. The van der Waals surface area contributed by atoms with E-state index in [0.29, 0.717) is 29.8 Å². The molecule has 0 aliphatic heterocycles. The van der Waals surface area contributed by atoms with Gasteiger partial charge in [0.05, 0.1) is 11.6 Å². The van der Waals surface area contributed by atoms with E-state index in [2.05, 4.69) is 5.32 Å². The van der Waals surface area contributed by atoms with Crippen LogP contribution in [0.4, 0.5) is 0 Å². The molecular weight excluding hydrogens is 236 g/mol. The molecule has 4 nitrogen and oxygen atoms in total. The van der Waals surface area contributed by atoms with E-state index in [9.17, 15) is 9.00 Å². The lowest BCUT2D eigenvalue weighted by molar-refractivity contribution is 0.0954. The highest BCUT2D eigenvalue weighted by atomic mass is 32.2. The largest absolute Gasteiger partial charge is 0.352 e. The van der Waals surface area contributed by atoms with Crippen LogP contribution < -0.4 is 5.32 Å². The molecule has 0 aliphatic carbocycles. The number of benzene rings is 1. The van der Waals surface area contributed by atoms with Gasteiger partial charge in [-0.25, -0.2) is 0 Å². The molecule has 1 atom stereocenters. The number of nitriles is 1. The van der Waals surface area contributed by atoms with Crippen molar-refractivity contribution in [3.8, 4) is 6.07 Å². The minimum atomic E-state index is -0.816. The zero-order valence-electron chi connectivity index (χ0n) is 9.60. The molecule has 1 rings (SSSR count). The number of nitrogens with one attached hydrogen (secondary N) is 1. The Labute approximate surface area is 103 Å². The third kappa shape index (κ3) is 4.79. The van der Waals surface area contributed by atoms with Gasteiger partial charge >= 0.3 is 0 Å². The smallest absolute Gasteiger partial charge is 0.251 e. The Kier molecular flexibility index (Phi) is 5.37. The Bertz CT molecular complexity index is 449. The molecule has 0 bridgehead atoms. The van der Waals surface area contributed by atoms with Crippen LogP contribution in [-0.4, -0.2) is 28.7 Å². The molecule has 0 radical (unpaired) electrons. The fraction of sp³-hybridized carbons (Fsp3) is 0.333. The molecule has 90 valence electrons. The van der Waals surface area contributed by atoms with E-state index in [1.165, 1.54) is 0 Å². The second-order valence-electron chi connectivity index (χ2n) is 3.58. The van der Waals surface area contributed by atoms with Gasteiger partial charge in [0.25, 0.3) is 5.91 Å². The maximum Gasteiger partial charge on any atom is 0.251 e. The van der Waals surface area contributed by atoms with Gasteiger partial charge in [0.1, 0.15) is 0 Å². The van der Waals surface area contributed by atoms with Crippen LogP contribution in [0.1, 0.15) is 22.3 Å². The summed E-state index contributed by atoms with van der Waals surface area (Å²) in [5.41, 5.74) is 1.06. The lowest BCUT2D eigenvalue weighted by atomic mass is 10.1. The maximum absolute atomic E-state index is 11.6. The fourth-order valence-electron chi connectivity index (χ4n) is 1.28. The molecule has 0 saturated carbocycles. The predicted molar refractivity (Wildman–Crippen MR) is 67.0 cm³/mol. The zero-order valence-corrected chi connectivity index (χ0v) is 10.4. The van der Waals surface area contributed by atoms with E-state index in [1.807, 2.05) is 6.07 Å². The summed E-state index contributed by atoms with van der Waals surface area (Å²) in [4.78, 5) is 11.6. The summed E-state index contributed by atoms with van der Waals surface area (Å²) >= 11 is 0. The highest BCUT2D eigenvalue weighted by Gasteiger charge is 2.04. The summed E-state index contributed by atoms with van der Waals surface area (Å²) in [6.07, 6.45) is 2.34. The molecule has 1 aromatic carbocycles. The second kappa shape index (κ2) is 6.81. The summed E-state index contributed by atoms with van der Waals surface area (Å²) in [6, 6.07) is 8.44. The molecule has 0 aromatic heterocycles. The van der Waals surface area contributed by atoms with Gasteiger partial charge in [0, 0.05) is 34.9 Å². The van der Waals surface area contributed by atoms with E-state index < -0.39 is 10.8 Å². The van der Waals surface area contributed by atoms with Crippen molar-refractivity contribution in [2.45, 2.75) is 6.42 Å². The third-order valence-corrected chi connectivity index (χ3v) is 3.03. The van der Waals surface area contributed by atoms with E-state index in [1.54, 1.807) is 30.5 Å². The van der Waals surface area contributed by atoms with Crippen LogP contribution in [0.15, 0.2) is 24.3 Å². The zero-order chi connectivity index (χ0) is 12.7. The number of hydrogen-bond acceptors (Lipinski definition) is 3. The van der Waals surface area contributed by atoms with Crippen molar-refractivity contribution in [1.29, 1.82) is 5.26 Å². The quantitative estimate of drug-likeness (QED) is 0.794. The van der Waals surface area contributed by atoms with Gasteiger partial charge in [-0.05, 0) is 30.7 Å². The van der Waals surface area contributed by atoms with Gasteiger partial charge in [-0.15, -0.1) is 0 Å². The average Bonchev–Trinajstić information content (AvgIpc) is 2.34. The molecule has 0 aliphatic rings. The lowest BCUT2D eigenvalue weighted by Gasteiger charge is -2.04. The monoisotopic (exact) mass is 250 g/mol. The predicted octanol–water partition coefficient (Wildman–Crippen LogP) is 1.06. The first kappa shape index (κ1) is 13.4. The summed E-state index contributed by atoms with van der Waals surface area (Å²) < 4.78 is 10.8. The Balaban J connectivity index is 2.42. The minimum absolute atomic E-state index is 0.170. The Morgan fingerprint density at radius 3 is 2.59 bits per heavy atom. The average molecular weight is 250 g/mol. The molecule has 17 heavy (non-hydrogen) atoms. The van der Waals surface area contributed by atoms with E-state index in [0.717, 1.165) is 0 Å². The van der Waals surface area contributed by atoms with Crippen molar-refractivity contribution in [1.82, 2.24) is 5.32 Å². The van der Waals surface area contributed by atoms with Gasteiger partial charge in [-0.3, -0.25) is 9.00 Å². The number of amides is 1. The van der Waals surface area contributed by atoms with Gasteiger partial charge in [0.2, 0.25) is 0 Å². The highest BCUT2D eigenvalue weighted by molar-refractivity contribution is 7.84. The minimum Gasteiger partial charge on any atom is -0.352 e. The molecule has 0 saturated heterocycles. The fourth-order valence-corrected chi connectivity index (χ4v) is 1.83. The molecule has 5 heteroatoms. The third-order valence-electron chi connectivity index (χ3n) is 2.17. The van der Waals surface area contributed by atoms with Crippen LogP contribution in [0.2, 0.25) is 0 Å². The lowest BCUT2D eigenvalue weighted by Crippen LogP contribution is -2.25. The van der Waals surface area contributed by atoms with Crippen LogP contribution in [0.5, 0.6) is 0 Å². The molecule has 0 spiro atoms. The first-order valence-corrected chi connectivity index (χ1v) is 6.94. The van der Waals surface area contributed by atoms with Gasteiger partial charge in [-0.1, -0.05) is 0 Å². The first-order chi connectivity index (χ1) is 8.13. The normalized spacial score (nSPS) is 11.5. The van der Waals surface area contributed by atoms with Crippen LogP contribution in [0.3, 0.4) is 0 Å². The molecule has 1 amide bonds. The highest BCUT2D eigenvalue weighted by Crippen LogP contribution is 2.02.